The molecule has 0 aromatic carbocycles. The van der Waals surface area contributed by atoms with E-state index in [2.05, 4.69) is 0 Å². The van der Waals surface area contributed by atoms with Crippen LogP contribution in [0.3, 0.4) is 0 Å². The largest absolute Gasteiger partial charge is 0.358 e. The molecular weight excluding hydrogens is 148 g/mol. The van der Waals surface area contributed by atoms with Gasteiger partial charge in [-0.25, -0.2) is 0 Å². The van der Waals surface area contributed by atoms with Gasteiger partial charge in [0.1, 0.15) is 0 Å². The van der Waals surface area contributed by atoms with Crippen molar-refractivity contribution in [1.82, 2.24) is 0 Å². The molecule has 0 aromatic heterocycles. The van der Waals surface area contributed by atoms with Gasteiger partial charge in [-0.3, -0.25) is 0 Å². The maximum absolute atomic E-state index is 2.00. The Hall–Kier alpha value is 1.17. The predicted molar refractivity (Wildman–Crippen MR) is 27.8 cm³/mol. The molecule has 0 atom stereocenters. The fraction of sp³-hybridized carbons (Fsp3) is 0.500. The molecule has 0 rings (SSSR count). The fourth-order valence-corrected chi connectivity index (χ4v) is 0. The quantitative estimate of drug-likeness (QED) is 0.368. The summed E-state index contributed by atoms with van der Waals surface area (Å²) in [5.74, 6) is 0. The minimum Gasteiger partial charge on any atom is -0.358 e. The summed E-state index contributed by atoms with van der Waals surface area (Å²) >= 11 is 0. The molecule has 0 nitrogen and oxygen atoms in total. The van der Waals surface area contributed by atoms with Crippen molar-refractivity contribution >= 4 is 8.41 Å². The van der Waals surface area contributed by atoms with Gasteiger partial charge in [-0.2, -0.15) is 13.8 Å². The summed E-state index contributed by atoms with van der Waals surface area (Å²) in [4.78, 5) is 0. The maximum atomic E-state index is 2.00. The van der Waals surface area contributed by atoms with Crippen molar-refractivity contribution in [3.63, 3.8) is 0 Å². The van der Waals surface area contributed by atoms with E-state index in [-0.39, 0.29) is 48.5 Å². The van der Waals surface area contributed by atoms with Crippen molar-refractivity contribution in [2.24, 2.45) is 0 Å². The molecule has 0 aromatic rings. The number of hydrogen-bond acceptors (Lipinski definition) is 0. The van der Waals surface area contributed by atoms with Crippen molar-refractivity contribution in [1.29, 1.82) is 0 Å². The van der Waals surface area contributed by atoms with Crippen LogP contribution in [0.25, 0.3) is 0 Å². The zero-order valence-corrected chi connectivity index (χ0v) is 7.57. The first-order chi connectivity index (χ1) is 1.41. The molecule has 4 radical (unpaired) electrons. The summed E-state index contributed by atoms with van der Waals surface area (Å²) in [5.41, 5.74) is 0. The second-order valence-corrected chi connectivity index (χ2v) is 0.577. The molecule has 0 N–H and O–H groups in total. The maximum Gasteiger partial charge on any atom is 0 e. The van der Waals surface area contributed by atoms with E-state index in [1.165, 1.54) is 0 Å². The van der Waals surface area contributed by atoms with E-state index in [4.69, 9.17) is 0 Å². The third-order valence-electron chi connectivity index (χ3n) is 0. The van der Waals surface area contributed by atoms with Gasteiger partial charge in [-0.1, -0.05) is 0 Å². The molecule has 0 fully saturated rings. The molecular formula is C4H10BY-2. The molecule has 0 heterocycles. The summed E-state index contributed by atoms with van der Waals surface area (Å²) in [6.45, 7) is 4.00. The molecule has 0 saturated heterocycles. The second kappa shape index (κ2) is 35.0. The first kappa shape index (κ1) is 27.2. The summed E-state index contributed by atoms with van der Waals surface area (Å²) in [7, 11) is 0. The van der Waals surface area contributed by atoms with Crippen LogP contribution in [0.4, 0.5) is 0 Å². The van der Waals surface area contributed by atoms with Crippen LogP contribution in [0.15, 0.2) is 0 Å². The predicted octanol–water partition coefficient (Wildman–Crippen LogP) is 1.30. The van der Waals surface area contributed by atoms with E-state index in [9.17, 15) is 0 Å². The summed E-state index contributed by atoms with van der Waals surface area (Å²) in [6, 6.07) is 0. The first-order valence-electron chi connectivity index (χ1n) is 1.15. The Kier molecular flexibility index (Phi) is 159. The zero-order chi connectivity index (χ0) is 2.71. The molecule has 0 unspecified atom stereocenters. The number of rotatable bonds is 0. The van der Waals surface area contributed by atoms with Gasteiger partial charge in [0.15, 0.2) is 0 Å². The van der Waals surface area contributed by atoms with E-state index in [0.717, 1.165) is 0 Å². The molecule has 0 aliphatic rings. The molecule has 0 saturated carbocycles. The van der Waals surface area contributed by atoms with Crippen molar-refractivity contribution in [2.75, 3.05) is 0 Å². The summed E-state index contributed by atoms with van der Waals surface area (Å²) in [5, 5.41) is 0. The molecule has 0 amide bonds. The average molecular weight is 158 g/mol. The molecule has 0 bridgehead atoms. The monoisotopic (exact) mass is 158 g/mol. The van der Waals surface area contributed by atoms with Gasteiger partial charge < -0.3 is 13.8 Å². The van der Waals surface area contributed by atoms with Crippen LogP contribution >= 0.6 is 0 Å². The van der Waals surface area contributed by atoms with Gasteiger partial charge in [0.2, 0.25) is 0 Å². The van der Waals surface area contributed by atoms with Crippen molar-refractivity contribution < 1.29 is 32.7 Å². The first-order valence-corrected chi connectivity index (χ1v) is 1.15. The summed E-state index contributed by atoms with van der Waals surface area (Å²) < 4.78 is 0. The standard InChI is InChI=1S/C3H7.CH3.B.Y/c1-3-2;;;/h3H,1-2H3;1H3;;/q2*-1;;. The van der Waals surface area contributed by atoms with Gasteiger partial charge in [-0.15, -0.1) is 0 Å². The van der Waals surface area contributed by atoms with E-state index < -0.39 is 0 Å². The second-order valence-electron chi connectivity index (χ2n) is 0.577. The third-order valence-corrected chi connectivity index (χ3v) is 0. The minimum atomic E-state index is 0. The van der Waals surface area contributed by atoms with Crippen LogP contribution in [0.1, 0.15) is 13.8 Å². The Morgan fingerprint density at radius 1 is 1.17 bits per heavy atom. The van der Waals surface area contributed by atoms with Crippen molar-refractivity contribution in [2.45, 2.75) is 13.8 Å². The minimum absolute atomic E-state index is 0. The van der Waals surface area contributed by atoms with E-state index >= 15 is 0 Å². The Bertz CT molecular complexity index is 7.51. The van der Waals surface area contributed by atoms with Crippen LogP contribution in [-0.2, 0) is 32.7 Å². The van der Waals surface area contributed by atoms with Crippen LogP contribution in [0.2, 0.25) is 0 Å². The molecule has 2 heteroatoms. The molecule has 0 aliphatic heterocycles. The SMILES string of the molecule is C[CH-]C.[B].[CH3-].[Y]. The number of hydrogen-bond donors (Lipinski definition) is 0. The normalized spacial score (nSPS) is 3.00. The van der Waals surface area contributed by atoms with Crippen molar-refractivity contribution in [3.8, 4) is 0 Å². The fourth-order valence-electron chi connectivity index (χ4n) is 0. The Morgan fingerprint density at radius 3 is 1.17 bits per heavy atom. The van der Waals surface area contributed by atoms with Crippen LogP contribution in [-0.4, -0.2) is 8.41 Å². The Labute approximate surface area is 68.5 Å². The third kappa shape index (κ3) is 65.8. The van der Waals surface area contributed by atoms with E-state index in [0.29, 0.717) is 0 Å². The van der Waals surface area contributed by atoms with Crippen LogP contribution < -0.4 is 0 Å². The molecule has 0 spiro atoms. The average Bonchev–Trinajstić information content (AvgIpc) is 0.918. The Balaban J connectivity index is -0.00000000667. The molecule has 34 valence electrons. The Morgan fingerprint density at radius 2 is 1.17 bits per heavy atom. The van der Waals surface area contributed by atoms with Gasteiger partial charge in [0, 0.05) is 41.1 Å². The summed E-state index contributed by atoms with van der Waals surface area (Å²) in [6.07, 6.45) is 2.00. The zero-order valence-electron chi connectivity index (χ0n) is 4.73. The molecule has 6 heavy (non-hydrogen) atoms. The van der Waals surface area contributed by atoms with Crippen LogP contribution in [0.5, 0.6) is 0 Å². The van der Waals surface area contributed by atoms with Gasteiger partial charge in [0.05, 0.1) is 0 Å². The van der Waals surface area contributed by atoms with E-state index in [1.807, 2.05) is 20.3 Å². The molecule has 0 aliphatic carbocycles. The van der Waals surface area contributed by atoms with Gasteiger partial charge in [-0.05, 0) is 0 Å². The topological polar surface area (TPSA) is 0 Å². The van der Waals surface area contributed by atoms with E-state index in [1.54, 1.807) is 0 Å². The van der Waals surface area contributed by atoms with Crippen LogP contribution in [0, 0.1) is 13.8 Å². The van der Waals surface area contributed by atoms with Crippen molar-refractivity contribution in [3.05, 3.63) is 13.8 Å². The smallest absolute Gasteiger partial charge is 0 e. The van der Waals surface area contributed by atoms with Gasteiger partial charge in [0.25, 0.3) is 0 Å². The van der Waals surface area contributed by atoms with Gasteiger partial charge >= 0.3 is 0 Å².